The minimum absolute atomic E-state index is 0.977. The van der Waals surface area contributed by atoms with Crippen LogP contribution in [-0.4, -0.2) is 0 Å². The standard InChI is InChI=1S/C8H11Br/c1-4-6-8(9)7(3)5-2/h4,6H,1,3,5H2,2H3/b8-6+. The highest BCUT2D eigenvalue weighted by Crippen LogP contribution is 2.17. The van der Waals surface area contributed by atoms with Gasteiger partial charge in [0.15, 0.2) is 0 Å². The molecule has 0 aliphatic rings. The monoisotopic (exact) mass is 186 g/mol. The molecule has 0 spiro atoms. The van der Waals surface area contributed by atoms with Gasteiger partial charge in [-0.15, -0.1) is 0 Å². The second kappa shape index (κ2) is 4.57. The zero-order valence-corrected chi connectivity index (χ0v) is 7.24. The molecule has 0 fully saturated rings. The smallest absolute Gasteiger partial charge is 0.0201 e. The first kappa shape index (κ1) is 8.70. The van der Waals surface area contributed by atoms with Crippen molar-refractivity contribution < 1.29 is 0 Å². The first-order chi connectivity index (χ1) is 4.22. The first-order valence-corrected chi connectivity index (χ1v) is 3.68. The number of hydrogen-bond donors (Lipinski definition) is 0. The van der Waals surface area contributed by atoms with Gasteiger partial charge < -0.3 is 0 Å². The molecule has 0 nitrogen and oxygen atoms in total. The normalized spacial score (nSPS) is 11.1. The minimum atomic E-state index is 0.977. The van der Waals surface area contributed by atoms with E-state index in [9.17, 15) is 0 Å². The molecule has 0 unspecified atom stereocenters. The Morgan fingerprint density at radius 2 is 2.22 bits per heavy atom. The lowest BCUT2D eigenvalue weighted by Gasteiger charge is -1.96. The van der Waals surface area contributed by atoms with Crippen molar-refractivity contribution in [1.82, 2.24) is 0 Å². The quantitative estimate of drug-likeness (QED) is 0.594. The van der Waals surface area contributed by atoms with Crippen LogP contribution in [0.3, 0.4) is 0 Å². The van der Waals surface area contributed by atoms with E-state index in [4.69, 9.17) is 0 Å². The Hall–Kier alpha value is -0.300. The maximum absolute atomic E-state index is 3.83. The molecule has 0 rings (SSSR count). The summed E-state index contributed by atoms with van der Waals surface area (Å²) in [6.45, 7) is 9.47. The Morgan fingerprint density at radius 1 is 1.67 bits per heavy atom. The molecule has 0 heterocycles. The van der Waals surface area contributed by atoms with Crippen molar-refractivity contribution >= 4 is 15.9 Å². The molecule has 0 aromatic heterocycles. The van der Waals surface area contributed by atoms with Crippen molar-refractivity contribution in [2.45, 2.75) is 13.3 Å². The van der Waals surface area contributed by atoms with Gasteiger partial charge in [0.05, 0.1) is 0 Å². The fraction of sp³-hybridized carbons (Fsp3) is 0.250. The zero-order chi connectivity index (χ0) is 7.28. The van der Waals surface area contributed by atoms with Gasteiger partial charge in [-0.3, -0.25) is 0 Å². The molecule has 0 aromatic carbocycles. The maximum Gasteiger partial charge on any atom is 0.0201 e. The Labute approximate surface area is 65.1 Å². The van der Waals surface area contributed by atoms with E-state index in [2.05, 4.69) is 36.0 Å². The van der Waals surface area contributed by atoms with Crippen molar-refractivity contribution in [2.75, 3.05) is 0 Å². The van der Waals surface area contributed by atoms with E-state index >= 15 is 0 Å². The van der Waals surface area contributed by atoms with Crippen LogP contribution in [0.1, 0.15) is 13.3 Å². The Balaban J connectivity index is 4.01. The van der Waals surface area contributed by atoms with Gasteiger partial charge in [-0.25, -0.2) is 0 Å². The van der Waals surface area contributed by atoms with Gasteiger partial charge in [-0.2, -0.15) is 0 Å². The molecule has 1 heteroatoms. The molecule has 9 heavy (non-hydrogen) atoms. The highest BCUT2D eigenvalue weighted by atomic mass is 79.9. The van der Waals surface area contributed by atoms with E-state index in [0.717, 1.165) is 16.5 Å². The van der Waals surface area contributed by atoms with E-state index in [0.29, 0.717) is 0 Å². The second-order valence-corrected chi connectivity index (χ2v) is 2.56. The van der Waals surface area contributed by atoms with Gasteiger partial charge >= 0.3 is 0 Å². The molecule has 0 N–H and O–H groups in total. The summed E-state index contributed by atoms with van der Waals surface area (Å²) in [4.78, 5) is 0. The van der Waals surface area contributed by atoms with Gasteiger partial charge in [0.2, 0.25) is 0 Å². The molecule has 0 amide bonds. The molecule has 0 atom stereocenters. The topological polar surface area (TPSA) is 0 Å². The summed E-state index contributed by atoms with van der Waals surface area (Å²) in [5, 5.41) is 0. The van der Waals surface area contributed by atoms with Gasteiger partial charge in [0, 0.05) is 4.48 Å². The van der Waals surface area contributed by atoms with E-state index in [1.54, 1.807) is 6.08 Å². The fourth-order valence-electron chi connectivity index (χ4n) is 0.390. The lowest BCUT2D eigenvalue weighted by molar-refractivity contribution is 1.15. The molecule has 0 saturated carbocycles. The average molecular weight is 187 g/mol. The molecular formula is C8H11Br. The molecular weight excluding hydrogens is 176 g/mol. The highest BCUT2D eigenvalue weighted by molar-refractivity contribution is 9.12. The predicted octanol–water partition coefficient (Wildman–Crippen LogP) is 3.42. The van der Waals surface area contributed by atoms with E-state index < -0.39 is 0 Å². The lowest BCUT2D eigenvalue weighted by atomic mass is 10.2. The maximum atomic E-state index is 3.83. The third kappa shape index (κ3) is 3.31. The first-order valence-electron chi connectivity index (χ1n) is 2.88. The van der Waals surface area contributed by atoms with Crippen LogP contribution in [0.25, 0.3) is 0 Å². The molecule has 0 aliphatic carbocycles. The van der Waals surface area contributed by atoms with Crippen molar-refractivity contribution in [3.05, 3.63) is 35.4 Å². The fourth-order valence-corrected chi connectivity index (χ4v) is 0.857. The number of allylic oxidation sites excluding steroid dienone is 4. The van der Waals surface area contributed by atoms with Crippen LogP contribution in [-0.2, 0) is 0 Å². The lowest BCUT2D eigenvalue weighted by Crippen LogP contribution is -1.74. The molecule has 0 bridgehead atoms. The summed E-state index contributed by atoms with van der Waals surface area (Å²) in [7, 11) is 0. The summed E-state index contributed by atoms with van der Waals surface area (Å²) in [5.41, 5.74) is 1.11. The predicted molar refractivity (Wildman–Crippen MR) is 46.6 cm³/mol. The van der Waals surface area contributed by atoms with Crippen LogP contribution < -0.4 is 0 Å². The van der Waals surface area contributed by atoms with E-state index in [1.807, 2.05) is 6.08 Å². The Kier molecular flexibility index (Phi) is 4.41. The number of hydrogen-bond acceptors (Lipinski definition) is 0. The average Bonchev–Trinajstić information content (AvgIpc) is 1.87. The zero-order valence-electron chi connectivity index (χ0n) is 5.65. The van der Waals surface area contributed by atoms with Crippen LogP contribution in [0.2, 0.25) is 0 Å². The molecule has 0 radical (unpaired) electrons. The van der Waals surface area contributed by atoms with Gasteiger partial charge in [0.25, 0.3) is 0 Å². The number of rotatable bonds is 3. The second-order valence-electron chi connectivity index (χ2n) is 1.71. The Morgan fingerprint density at radius 3 is 2.56 bits per heavy atom. The summed E-state index contributed by atoms with van der Waals surface area (Å²) in [6.07, 6.45) is 4.61. The van der Waals surface area contributed by atoms with Crippen molar-refractivity contribution in [3.8, 4) is 0 Å². The summed E-state index contributed by atoms with van der Waals surface area (Å²) in [5.74, 6) is 0. The van der Waals surface area contributed by atoms with E-state index in [1.165, 1.54) is 0 Å². The third-order valence-electron chi connectivity index (χ3n) is 1.03. The molecule has 0 aliphatic heterocycles. The molecule has 50 valence electrons. The van der Waals surface area contributed by atoms with Crippen molar-refractivity contribution in [3.63, 3.8) is 0 Å². The third-order valence-corrected chi connectivity index (χ3v) is 1.85. The van der Waals surface area contributed by atoms with Crippen LogP contribution >= 0.6 is 15.9 Å². The largest absolute Gasteiger partial charge is 0.0990 e. The van der Waals surface area contributed by atoms with Gasteiger partial charge in [-0.05, 0) is 18.1 Å². The molecule has 0 aromatic rings. The SMILES string of the molecule is C=C/C=C(/Br)C(=C)CC. The van der Waals surface area contributed by atoms with Gasteiger partial charge in [-0.1, -0.05) is 42.1 Å². The van der Waals surface area contributed by atoms with Crippen LogP contribution in [0, 0.1) is 0 Å². The van der Waals surface area contributed by atoms with E-state index in [-0.39, 0.29) is 0 Å². The van der Waals surface area contributed by atoms with Crippen molar-refractivity contribution in [2.24, 2.45) is 0 Å². The van der Waals surface area contributed by atoms with Crippen LogP contribution in [0.5, 0.6) is 0 Å². The van der Waals surface area contributed by atoms with Crippen LogP contribution in [0.4, 0.5) is 0 Å². The molecule has 0 saturated heterocycles. The Bertz CT molecular complexity index is 143. The minimum Gasteiger partial charge on any atom is -0.0990 e. The summed E-state index contributed by atoms with van der Waals surface area (Å²) in [6, 6.07) is 0. The number of halogens is 1. The van der Waals surface area contributed by atoms with Crippen molar-refractivity contribution in [1.29, 1.82) is 0 Å². The van der Waals surface area contributed by atoms with Crippen LogP contribution in [0.15, 0.2) is 35.4 Å². The summed E-state index contributed by atoms with van der Waals surface area (Å²) < 4.78 is 1.04. The highest BCUT2D eigenvalue weighted by Gasteiger charge is 1.91. The summed E-state index contributed by atoms with van der Waals surface area (Å²) >= 11 is 3.35. The van der Waals surface area contributed by atoms with Gasteiger partial charge in [0.1, 0.15) is 0 Å².